The summed E-state index contributed by atoms with van der Waals surface area (Å²) >= 11 is 1.55. The molecule has 1 amide bonds. The summed E-state index contributed by atoms with van der Waals surface area (Å²) in [6, 6.07) is 1.66. The van der Waals surface area contributed by atoms with Gasteiger partial charge in [0.2, 0.25) is 5.91 Å². The number of aromatic nitrogens is 2. The number of carbonyl (C=O) groups excluding carboxylic acids is 1. The zero-order valence-electron chi connectivity index (χ0n) is 13.5. The van der Waals surface area contributed by atoms with E-state index in [9.17, 15) is 9.59 Å². The van der Waals surface area contributed by atoms with Crippen LogP contribution in [-0.2, 0) is 14.3 Å². The van der Waals surface area contributed by atoms with Crippen molar-refractivity contribution >= 4 is 39.2 Å². The summed E-state index contributed by atoms with van der Waals surface area (Å²) in [7, 11) is 0. The second-order valence-corrected chi connectivity index (χ2v) is 7.06. The van der Waals surface area contributed by atoms with E-state index in [4.69, 9.17) is 9.84 Å². The van der Waals surface area contributed by atoms with Gasteiger partial charge < -0.3 is 19.6 Å². The predicted molar refractivity (Wildman–Crippen MR) is 91.7 cm³/mol. The number of fused-ring (bicyclic) bond motifs is 1. The number of morpholine rings is 1. The summed E-state index contributed by atoms with van der Waals surface area (Å²) in [5.41, 5.74) is 0. The van der Waals surface area contributed by atoms with Gasteiger partial charge in [-0.2, -0.15) is 0 Å². The molecule has 4 rings (SSSR count). The molecule has 25 heavy (non-hydrogen) atoms. The van der Waals surface area contributed by atoms with E-state index in [0.717, 1.165) is 35.4 Å². The second-order valence-electron chi connectivity index (χ2n) is 6.17. The second kappa shape index (κ2) is 6.57. The molecule has 8 nitrogen and oxygen atoms in total. The maximum atomic E-state index is 13.0. The molecule has 0 aromatic carbocycles. The van der Waals surface area contributed by atoms with Crippen LogP contribution in [0.1, 0.15) is 12.8 Å². The maximum Gasteiger partial charge on any atom is 0.334 e. The first kappa shape index (κ1) is 16.2. The Morgan fingerprint density at radius 2 is 2.20 bits per heavy atom. The van der Waals surface area contributed by atoms with Gasteiger partial charge in [-0.15, -0.1) is 11.3 Å². The number of anilines is 1. The molecule has 2 aliphatic rings. The normalized spacial score (nSPS) is 24.0. The van der Waals surface area contributed by atoms with E-state index >= 15 is 0 Å². The number of carbonyl (C=O) groups is 2. The van der Waals surface area contributed by atoms with Gasteiger partial charge in [0.15, 0.2) is 6.10 Å². The summed E-state index contributed by atoms with van der Waals surface area (Å²) in [6.07, 6.45) is 2.22. The molecule has 0 bridgehead atoms. The number of aliphatic carboxylic acids is 1. The molecule has 9 heteroatoms. The van der Waals surface area contributed by atoms with Crippen LogP contribution in [0.3, 0.4) is 0 Å². The van der Waals surface area contributed by atoms with Crippen molar-refractivity contribution in [2.75, 3.05) is 31.1 Å². The van der Waals surface area contributed by atoms with E-state index in [1.54, 1.807) is 16.2 Å². The van der Waals surface area contributed by atoms with Gasteiger partial charge in [0.05, 0.1) is 18.5 Å². The number of hydrogen-bond donors (Lipinski definition) is 1. The number of ether oxygens (including phenoxy) is 1. The molecular weight excluding hydrogens is 344 g/mol. The van der Waals surface area contributed by atoms with Gasteiger partial charge in [-0.3, -0.25) is 4.79 Å². The summed E-state index contributed by atoms with van der Waals surface area (Å²) in [5.74, 6) is -0.296. The molecule has 2 saturated heterocycles. The molecule has 0 spiro atoms. The zero-order valence-corrected chi connectivity index (χ0v) is 14.3. The van der Waals surface area contributed by atoms with Crippen LogP contribution in [0.25, 0.3) is 10.2 Å². The molecule has 2 atom stereocenters. The first-order valence-electron chi connectivity index (χ1n) is 8.23. The van der Waals surface area contributed by atoms with Crippen LogP contribution in [0.2, 0.25) is 0 Å². The van der Waals surface area contributed by atoms with Crippen LogP contribution in [0.15, 0.2) is 17.8 Å². The predicted octanol–water partition coefficient (Wildman–Crippen LogP) is 0.972. The molecule has 4 heterocycles. The highest BCUT2D eigenvalue weighted by Crippen LogP contribution is 2.32. The minimum absolute atomic E-state index is 0.0472. The fraction of sp³-hybridized carbons (Fsp3) is 0.500. The van der Waals surface area contributed by atoms with E-state index in [2.05, 4.69) is 9.97 Å². The number of carboxylic acid groups (broad SMARTS) is 1. The molecular formula is C16H18N4O4S. The largest absolute Gasteiger partial charge is 0.479 e. The van der Waals surface area contributed by atoms with E-state index < -0.39 is 12.1 Å². The van der Waals surface area contributed by atoms with Gasteiger partial charge >= 0.3 is 5.97 Å². The minimum atomic E-state index is -1.03. The number of nitrogens with zero attached hydrogens (tertiary/aromatic N) is 4. The Morgan fingerprint density at radius 1 is 1.32 bits per heavy atom. The minimum Gasteiger partial charge on any atom is -0.479 e. The number of hydrogen-bond acceptors (Lipinski definition) is 7. The standard InChI is InChI=1S/C16H18N4O4S/c21-15(19-5-6-24-12(8-19)16(22)23)11-2-1-4-20(11)13-10-3-7-25-14(10)18-9-17-13/h3,7,9,11-12H,1-2,4-6,8H2,(H,22,23)/t11-,12-/m1/s1. The van der Waals surface area contributed by atoms with Crippen molar-refractivity contribution in [2.45, 2.75) is 25.0 Å². The van der Waals surface area contributed by atoms with Crippen molar-refractivity contribution in [3.05, 3.63) is 17.8 Å². The highest BCUT2D eigenvalue weighted by atomic mass is 32.1. The van der Waals surface area contributed by atoms with Crippen molar-refractivity contribution < 1.29 is 19.4 Å². The average Bonchev–Trinajstić information content (AvgIpc) is 3.30. The van der Waals surface area contributed by atoms with E-state index in [-0.39, 0.29) is 25.1 Å². The molecule has 2 aromatic heterocycles. The molecule has 0 saturated carbocycles. The first-order valence-corrected chi connectivity index (χ1v) is 9.11. The first-order chi connectivity index (χ1) is 12.1. The Bertz CT molecular complexity index is 810. The van der Waals surface area contributed by atoms with Crippen LogP contribution in [0.4, 0.5) is 5.82 Å². The molecule has 2 aliphatic heterocycles. The van der Waals surface area contributed by atoms with Crippen LogP contribution in [0, 0.1) is 0 Å². The Labute approximate surface area is 148 Å². The highest BCUT2D eigenvalue weighted by Gasteiger charge is 2.38. The summed E-state index contributed by atoms with van der Waals surface area (Å²) in [6.45, 7) is 1.52. The van der Waals surface area contributed by atoms with Crippen LogP contribution < -0.4 is 4.90 Å². The van der Waals surface area contributed by atoms with E-state index in [1.165, 1.54) is 6.33 Å². The summed E-state index contributed by atoms with van der Waals surface area (Å²) in [4.78, 5) is 37.4. The fourth-order valence-electron chi connectivity index (χ4n) is 3.49. The Hall–Kier alpha value is -2.26. The summed E-state index contributed by atoms with van der Waals surface area (Å²) < 4.78 is 5.21. The fourth-order valence-corrected chi connectivity index (χ4v) is 4.22. The van der Waals surface area contributed by atoms with E-state index in [1.807, 2.05) is 16.3 Å². The highest BCUT2D eigenvalue weighted by molar-refractivity contribution is 7.16. The zero-order chi connectivity index (χ0) is 17.4. The van der Waals surface area contributed by atoms with Crippen LogP contribution in [-0.4, -0.2) is 70.2 Å². The molecule has 1 N–H and O–H groups in total. The lowest BCUT2D eigenvalue weighted by atomic mass is 10.1. The lowest BCUT2D eigenvalue weighted by molar-refractivity contribution is -0.159. The smallest absolute Gasteiger partial charge is 0.334 e. The molecule has 2 aromatic rings. The topological polar surface area (TPSA) is 95.9 Å². The SMILES string of the molecule is O=C(O)[C@H]1CN(C(=O)[C@H]2CCCN2c2ncnc3sccc23)CCO1. The van der Waals surface area contributed by atoms with E-state index in [0.29, 0.717) is 6.54 Å². The number of thiophene rings is 1. The van der Waals surface area contributed by atoms with Crippen LogP contribution >= 0.6 is 11.3 Å². The Morgan fingerprint density at radius 3 is 3.04 bits per heavy atom. The van der Waals surface area contributed by atoms with Crippen molar-refractivity contribution in [1.82, 2.24) is 14.9 Å². The Balaban J connectivity index is 1.58. The number of carboxylic acids is 1. The third-order valence-corrected chi connectivity index (χ3v) is 5.52. The van der Waals surface area contributed by atoms with Crippen molar-refractivity contribution in [3.63, 3.8) is 0 Å². The monoisotopic (exact) mass is 362 g/mol. The number of rotatable bonds is 3. The molecule has 0 unspecified atom stereocenters. The summed E-state index contributed by atoms with van der Waals surface area (Å²) in [5, 5.41) is 12.1. The number of amides is 1. The molecule has 0 aliphatic carbocycles. The molecule has 132 valence electrons. The van der Waals surface area contributed by atoms with Gasteiger partial charge in [-0.25, -0.2) is 14.8 Å². The van der Waals surface area contributed by atoms with Crippen LogP contribution in [0.5, 0.6) is 0 Å². The average molecular weight is 362 g/mol. The van der Waals surface area contributed by atoms with Crippen molar-refractivity contribution in [1.29, 1.82) is 0 Å². The lowest BCUT2D eigenvalue weighted by Gasteiger charge is -2.35. The van der Waals surface area contributed by atoms with Gasteiger partial charge in [-0.05, 0) is 24.3 Å². The third kappa shape index (κ3) is 2.93. The Kier molecular flexibility index (Phi) is 4.26. The van der Waals surface area contributed by atoms with Crippen molar-refractivity contribution in [2.24, 2.45) is 0 Å². The van der Waals surface area contributed by atoms with Gasteiger partial charge in [0.25, 0.3) is 0 Å². The third-order valence-electron chi connectivity index (χ3n) is 4.70. The van der Waals surface area contributed by atoms with Crippen molar-refractivity contribution in [3.8, 4) is 0 Å². The van der Waals surface area contributed by atoms with Gasteiger partial charge in [0, 0.05) is 13.1 Å². The quantitative estimate of drug-likeness (QED) is 0.869. The lowest BCUT2D eigenvalue weighted by Crippen LogP contribution is -2.53. The molecule has 2 fully saturated rings. The maximum absolute atomic E-state index is 13.0. The van der Waals surface area contributed by atoms with Gasteiger partial charge in [0.1, 0.15) is 23.0 Å². The molecule has 0 radical (unpaired) electrons. The van der Waals surface area contributed by atoms with Gasteiger partial charge in [-0.1, -0.05) is 0 Å².